The van der Waals surface area contributed by atoms with Crippen LogP contribution >= 0.6 is 0 Å². The lowest BCUT2D eigenvalue weighted by atomic mass is 9.75. The predicted octanol–water partition coefficient (Wildman–Crippen LogP) is 8.86. The normalized spacial score (nSPS) is 20.4. The standard InChI is InChI=1S/C31H61NO4/c1-7-10-11-12-13-14-15-16-17-18-19-20-21-22-23-24-29(34)35-28-25-30(5,6)32(36-27(4)33)31(8-2,9-3)26-28/h27-28,33H,7-26H2,1-6H3. The summed E-state index contributed by atoms with van der Waals surface area (Å²) in [6.45, 7) is 12.5. The van der Waals surface area contributed by atoms with Gasteiger partial charge < -0.3 is 9.84 Å². The molecule has 2 atom stereocenters. The fourth-order valence-corrected chi connectivity index (χ4v) is 6.06. The van der Waals surface area contributed by atoms with Gasteiger partial charge in [-0.3, -0.25) is 9.63 Å². The minimum atomic E-state index is -0.856. The Morgan fingerprint density at radius 2 is 1.25 bits per heavy atom. The average molecular weight is 512 g/mol. The van der Waals surface area contributed by atoms with Gasteiger partial charge in [0.15, 0.2) is 6.29 Å². The number of hydroxylamine groups is 2. The van der Waals surface area contributed by atoms with Crippen LogP contribution in [-0.4, -0.2) is 39.6 Å². The van der Waals surface area contributed by atoms with Gasteiger partial charge in [0.25, 0.3) is 0 Å². The molecule has 1 fully saturated rings. The summed E-state index contributed by atoms with van der Waals surface area (Å²) in [5.74, 6) is -0.0588. The second-order valence-corrected chi connectivity index (χ2v) is 12.0. The molecule has 1 heterocycles. The largest absolute Gasteiger partial charge is 0.462 e. The van der Waals surface area contributed by atoms with Gasteiger partial charge in [-0.1, -0.05) is 111 Å². The van der Waals surface area contributed by atoms with Crippen LogP contribution in [0.4, 0.5) is 0 Å². The van der Waals surface area contributed by atoms with Crippen LogP contribution in [0, 0.1) is 0 Å². The van der Waals surface area contributed by atoms with Crippen LogP contribution in [-0.2, 0) is 14.4 Å². The highest BCUT2D eigenvalue weighted by atomic mass is 16.8. The van der Waals surface area contributed by atoms with Crippen LogP contribution in [0.2, 0.25) is 0 Å². The van der Waals surface area contributed by atoms with Crippen LogP contribution in [0.25, 0.3) is 0 Å². The molecular weight excluding hydrogens is 450 g/mol. The van der Waals surface area contributed by atoms with Gasteiger partial charge in [0.2, 0.25) is 0 Å². The van der Waals surface area contributed by atoms with E-state index in [4.69, 9.17) is 9.57 Å². The van der Waals surface area contributed by atoms with Gasteiger partial charge in [-0.2, -0.15) is 5.06 Å². The highest BCUT2D eigenvalue weighted by molar-refractivity contribution is 5.69. The second-order valence-electron chi connectivity index (χ2n) is 12.0. The highest BCUT2D eigenvalue weighted by Crippen LogP contribution is 2.44. The Bertz CT molecular complexity index is 559. The summed E-state index contributed by atoms with van der Waals surface area (Å²) in [5, 5.41) is 11.9. The van der Waals surface area contributed by atoms with Crippen molar-refractivity contribution < 1.29 is 19.5 Å². The lowest BCUT2D eigenvalue weighted by Gasteiger charge is -2.56. The van der Waals surface area contributed by atoms with Crippen molar-refractivity contribution in [3.63, 3.8) is 0 Å². The maximum atomic E-state index is 12.6. The van der Waals surface area contributed by atoms with Crippen molar-refractivity contribution in [1.29, 1.82) is 0 Å². The molecule has 0 saturated carbocycles. The van der Waals surface area contributed by atoms with Crippen molar-refractivity contribution in [1.82, 2.24) is 5.06 Å². The zero-order chi connectivity index (χ0) is 26.9. The molecule has 1 rings (SSSR count). The number of ether oxygens (including phenoxy) is 1. The number of hydrogen-bond donors (Lipinski definition) is 1. The van der Waals surface area contributed by atoms with E-state index in [1.165, 1.54) is 83.5 Å². The SMILES string of the molecule is CCCCCCCCCCCCCCCCCC(=O)OC1CC(C)(C)N(OC(C)O)C(CC)(CC)C1. The van der Waals surface area contributed by atoms with E-state index < -0.39 is 6.29 Å². The molecule has 1 N–H and O–H groups in total. The first-order chi connectivity index (χ1) is 17.2. The first-order valence-corrected chi connectivity index (χ1v) is 15.6. The quantitative estimate of drug-likeness (QED) is 0.0947. The monoisotopic (exact) mass is 511 g/mol. The maximum absolute atomic E-state index is 12.6. The molecule has 0 aromatic carbocycles. The summed E-state index contributed by atoms with van der Waals surface area (Å²) >= 11 is 0. The van der Waals surface area contributed by atoms with Gasteiger partial charge in [-0.05, 0) is 40.0 Å². The molecule has 1 aliphatic rings. The predicted molar refractivity (Wildman–Crippen MR) is 151 cm³/mol. The Morgan fingerprint density at radius 1 is 0.806 bits per heavy atom. The minimum Gasteiger partial charge on any atom is -0.462 e. The number of carbonyl (C=O) groups excluding carboxylic acids is 1. The Morgan fingerprint density at radius 3 is 1.67 bits per heavy atom. The zero-order valence-corrected chi connectivity index (χ0v) is 24.9. The molecule has 214 valence electrons. The van der Waals surface area contributed by atoms with Crippen LogP contribution in [0.1, 0.15) is 170 Å². The average Bonchev–Trinajstić information content (AvgIpc) is 2.82. The smallest absolute Gasteiger partial charge is 0.306 e. The molecule has 36 heavy (non-hydrogen) atoms. The lowest BCUT2D eigenvalue weighted by molar-refractivity contribution is -0.354. The van der Waals surface area contributed by atoms with Crippen molar-refractivity contribution in [3.8, 4) is 0 Å². The summed E-state index contributed by atoms with van der Waals surface area (Å²) in [7, 11) is 0. The van der Waals surface area contributed by atoms with Crippen molar-refractivity contribution >= 4 is 5.97 Å². The number of esters is 1. The summed E-state index contributed by atoms with van der Waals surface area (Å²) in [5.41, 5.74) is -0.556. The molecule has 0 amide bonds. The molecule has 0 aliphatic carbocycles. The Hall–Kier alpha value is -0.650. The Labute approximate surface area is 224 Å². The van der Waals surface area contributed by atoms with Gasteiger partial charge in [0, 0.05) is 30.3 Å². The van der Waals surface area contributed by atoms with Gasteiger partial charge in [-0.25, -0.2) is 0 Å². The zero-order valence-electron chi connectivity index (χ0n) is 24.9. The number of aliphatic hydroxyl groups excluding tert-OH is 1. The van der Waals surface area contributed by atoms with Crippen LogP contribution in [0.5, 0.6) is 0 Å². The third-order valence-electron chi connectivity index (χ3n) is 8.17. The summed E-state index contributed by atoms with van der Waals surface area (Å²) in [6, 6.07) is 0. The van der Waals surface area contributed by atoms with Crippen molar-refractivity contribution in [2.24, 2.45) is 0 Å². The van der Waals surface area contributed by atoms with Crippen LogP contribution in [0.15, 0.2) is 0 Å². The van der Waals surface area contributed by atoms with E-state index in [1.807, 2.05) is 5.06 Å². The fraction of sp³-hybridized carbons (Fsp3) is 0.968. The second kappa shape index (κ2) is 18.6. The molecule has 1 saturated heterocycles. The molecule has 0 radical (unpaired) electrons. The number of rotatable bonds is 21. The number of carbonyl (C=O) groups is 1. The molecule has 0 aromatic rings. The topological polar surface area (TPSA) is 59.0 Å². The number of nitrogens with zero attached hydrogens (tertiary/aromatic N) is 1. The molecule has 5 nitrogen and oxygen atoms in total. The molecular formula is C31H61NO4. The Kier molecular flexibility index (Phi) is 17.2. The van der Waals surface area contributed by atoms with Crippen molar-refractivity contribution in [2.45, 2.75) is 193 Å². The fourth-order valence-electron chi connectivity index (χ4n) is 6.06. The van der Waals surface area contributed by atoms with E-state index in [-0.39, 0.29) is 23.2 Å². The molecule has 0 aromatic heterocycles. The number of piperidine rings is 1. The van der Waals surface area contributed by atoms with E-state index in [1.54, 1.807) is 6.92 Å². The van der Waals surface area contributed by atoms with Gasteiger partial charge in [-0.15, -0.1) is 0 Å². The van der Waals surface area contributed by atoms with E-state index in [2.05, 4.69) is 34.6 Å². The van der Waals surface area contributed by atoms with Crippen LogP contribution in [0.3, 0.4) is 0 Å². The summed E-state index contributed by atoms with van der Waals surface area (Å²) < 4.78 is 5.97. The van der Waals surface area contributed by atoms with E-state index in [9.17, 15) is 9.90 Å². The van der Waals surface area contributed by atoms with Crippen molar-refractivity contribution in [3.05, 3.63) is 0 Å². The summed E-state index contributed by atoms with van der Waals surface area (Å²) in [4.78, 5) is 18.5. The molecule has 1 aliphatic heterocycles. The van der Waals surface area contributed by atoms with Crippen LogP contribution < -0.4 is 0 Å². The first-order valence-electron chi connectivity index (χ1n) is 15.6. The third kappa shape index (κ3) is 12.7. The number of hydrogen-bond acceptors (Lipinski definition) is 5. The third-order valence-corrected chi connectivity index (χ3v) is 8.17. The minimum absolute atomic E-state index is 0.0588. The van der Waals surface area contributed by atoms with Gasteiger partial charge in [0.1, 0.15) is 6.10 Å². The molecule has 0 spiro atoms. The molecule has 2 unspecified atom stereocenters. The van der Waals surface area contributed by atoms with E-state index in [0.29, 0.717) is 12.8 Å². The molecule has 5 heteroatoms. The van der Waals surface area contributed by atoms with Gasteiger partial charge in [0.05, 0.1) is 0 Å². The van der Waals surface area contributed by atoms with E-state index >= 15 is 0 Å². The highest BCUT2D eigenvalue weighted by Gasteiger charge is 2.51. The maximum Gasteiger partial charge on any atom is 0.306 e. The molecule has 0 bridgehead atoms. The van der Waals surface area contributed by atoms with Gasteiger partial charge >= 0.3 is 5.97 Å². The Balaban J connectivity index is 2.17. The first kappa shape index (κ1) is 33.4. The number of aliphatic hydroxyl groups is 1. The van der Waals surface area contributed by atoms with E-state index in [0.717, 1.165) is 32.1 Å². The summed E-state index contributed by atoms with van der Waals surface area (Å²) in [6.07, 6.45) is 22.7. The lowest BCUT2D eigenvalue weighted by Crippen LogP contribution is -2.64. The number of unbranched alkanes of at least 4 members (excludes halogenated alkanes) is 14. The van der Waals surface area contributed by atoms with Crippen molar-refractivity contribution in [2.75, 3.05) is 0 Å².